The predicted molar refractivity (Wildman–Crippen MR) is 91.1 cm³/mol. The molecule has 0 N–H and O–H groups in total. The van der Waals surface area contributed by atoms with Crippen molar-refractivity contribution in [1.82, 2.24) is 0 Å². The molecule has 0 radical (unpaired) electrons. The van der Waals surface area contributed by atoms with Gasteiger partial charge in [0.2, 0.25) is 0 Å². The van der Waals surface area contributed by atoms with Crippen molar-refractivity contribution in [2.45, 2.75) is 65.6 Å². The highest BCUT2D eigenvalue weighted by atomic mass is 31.1. The van der Waals surface area contributed by atoms with Gasteiger partial charge in [0.25, 0.3) is 0 Å². The van der Waals surface area contributed by atoms with Crippen molar-refractivity contribution in [3.8, 4) is 0 Å². The lowest BCUT2D eigenvalue weighted by atomic mass is 10.4. The molecule has 5 nitrogen and oxygen atoms in total. The topological polar surface area (TPSA) is 54.0 Å². The second-order valence-corrected chi connectivity index (χ2v) is 6.71. The maximum Gasteiger partial charge on any atom is 0.196 e. The summed E-state index contributed by atoms with van der Waals surface area (Å²) in [5, 5.41) is 0. The maximum atomic E-state index is 12.0. The van der Waals surface area contributed by atoms with Gasteiger partial charge < -0.3 is 18.7 Å². The van der Waals surface area contributed by atoms with E-state index in [2.05, 4.69) is 20.8 Å². The second kappa shape index (κ2) is 17.4. The van der Waals surface area contributed by atoms with Crippen LogP contribution >= 0.6 is 8.03 Å². The largest absolute Gasteiger partial charge is 0.379 e. The van der Waals surface area contributed by atoms with Crippen molar-refractivity contribution in [1.29, 1.82) is 0 Å². The summed E-state index contributed by atoms with van der Waals surface area (Å²) in [5.41, 5.74) is 0. The average Bonchev–Trinajstić information content (AvgIpc) is 2.51. The van der Waals surface area contributed by atoms with Crippen LogP contribution in [0.2, 0.25) is 0 Å². The van der Waals surface area contributed by atoms with Crippen molar-refractivity contribution in [3.05, 3.63) is 0 Å². The highest BCUT2D eigenvalue weighted by molar-refractivity contribution is 7.39. The number of ether oxygens (including phenoxy) is 3. The number of rotatable bonds is 17. The van der Waals surface area contributed by atoms with Crippen LogP contribution in [0.5, 0.6) is 0 Å². The quantitative estimate of drug-likeness (QED) is 0.225. The van der Waals surface area contributed by atoms with Gasteiger partial charge in [-0.2, -0.15) is 0 Å². The molecule has 0 aromatic carbocycles. The Morgan fingerprint density at radius 1 is 0.773 bits per heavy atom. The smallest absolute Gasteiger partial charge is 0.196 e. The predicted octanol–water partition coefficient (Wildman–Crippen LogP) is 4.25. The molecule has 0 amide bonds. The lowest BCUT2D eigenvalue weighted by Crippen LogP contribution is -2.22. The maximum absolute atomic E-state index is 12.0. The minimum atomic E-state index is -2.13. The third-order valence-electron chi connectivity index (χ3n) is 3.07. The fraction of sp³-hybridized carbons (Fsp3) is 1.00. The van der Waals surface area contributed by atoms with Gasteiger partial charge in [0, 0.05) is 19.8 Å². The first-order valence-electron chi connectivity index (χ1n) is 8.71. The molecule has 1 unspecified atom stereocenters. The summed E-state index contributed by atoms with van der Waals surface area (Å²) in [7, 11) is -2.13. The Morgan fingerprint density at radius 3 is 1.86 bits per heavy atom. The first kappa shape index (κ1) is 22.1. The van der Waals surface area contributed by atoms with Crippen molar-refractivity contribution in [3.63, 3.8) is 0 Å². The molecule has 134 valence electrons. The van der Waals surface area contributed by atoms with Crippen LogP contribution in [0.4, 0.5) is 0 Å². The molecule has 0 spiro atoms. The molecule has 0 aromatic heterocycles. The van der Waals surface area contributed by atoms with Crippen LogP contribution in [0.1, 0.15) is 59.3 Å². The molecule has 0 aliphatic heterocycles. The Hall–Kier alpha value is 0.0700. The molecule has 0 heterocycles. The van der Waals surface area contributed by atoms with E-state index in [1.807, 2.05) is 0 Å². The molecule has 6 heteroatoms. The van der Waals surface area contributed by atoms with Crippen LogP contribution in [-0.2, 0) is 23.3 Å². The molecule has 22 heavy (non-hydrogen) atoms. The third-order valence-corrected chi connectivity index (χ3v) is 4.26. The van der Waals surface area contributed by atoms with Gasteiger partial charge in [-0.25, -0.2) is 0 Å². The number of hydrogen-bond donors (Lipinski definition) is 0. The molecular weight excluding hydrogens is 303 g/mol. The number of hydrogen-bond acceptors (Lipinski definition) is 5. The molecule has 0 fully saturated rings. The van der Waals surface area contributed by atoms with Gasteiger partial charge >= 0.3 is 0 Å². The van der Waals surface area contributed by atoms with Crippen molar-refractivity contribution < 1.29 is 23.3 Å². The molecular formula is C16H35O5P. The zero-order chi connectivity index (χ0) is 16.5. The first-order valence-corrected chi connectivity index (χ1v) is 10.2. The van der Waals surface area contributed by atoms with Gasteiger partial charge in [-0.05, 0) is 19.3 Å². The van der Waals surface area contributed by atoms with E-state index < -0.39 is 14.3 Å². The Morgan fingerprint density at radius 2 is 1.32 bits per heavy atom. The highest BCUT2D eigenvalue weighted by Gasteiger charge is 2.14. The average molecular weight is 338 g/mol. The monoisotopic (exact) mass is 338 g/mol. The van der Waals surface area contributed by atoms with Crippen molar-refractivity contribution >= 4 is 8.03 Å². The van der Waals surface area contributed by atoms with Gasteiger partial charge in [-0.15, -0.1) is 0 Å². The summed E-state index contributed by atoms with van der Waals surface area (Å²) in [6, 6.07) is 0. The van der Waals surface area contributed by atoms with Crippen LogP contribution in [0, 0.1) is 0 Å². The molecule has 0 aliphatic rings. The summed E-state index contributed by atoms with van der Waals surface area (Å²) in [6.07, 6.45) is 6.20. The molecule has 0 rings (SSSR count). The van der Waals surface area contributed by atoms with E-state index in [0.29, 0.717) is 32.6 Å². The van der Waals surface area contributed by atoms with Crippen LogP contribution < -0.4 is 0 Å². The van der Waals surface area contributed by atoms with E-state index in [9.17, 15) is 4.57 Å². The van der Waals surface area contributed by atoms with E-state index in [1.54, 1.807) is 0 Å². The van der Waals surface area contributed by atoms with Gasteiger partial charge in [0.05, 0.1) is 19.4 Å². The summed E-state index contributed by atoms with van der Waals surface area (Å²) < 4.78 is 34.0. The normalized spacial score (nSPS) is 12.9. The Bertz CT molecular complexity index is 241. The van der Waals surface area contributed by atoms with E-state index in [-0.39, 0.29) is 0 Å². The Kier molecular flexibility index (Phi) is 17.5. The van der Waals surface area contributed by atoms with Crippen LogP contribution in [0.25, 0.3) is 0 Å². The SMILES string of the molecule is CCCCOCCO[PH](=O)CC(OCCCC)OCCCC. The van der Waals surface area contributed by atoms with E-state index in [4.69, 9.17) is 18.7 Å². The lowest BCUT2D eigenvalue weighted by Gasteiger charge is -2.18. The fourth-order valence-corrected chi connectivity index (χ4v) is 2.58. The first-order chi connectivity index (χ1) is 10.7. The van der Waals surface area contributed by atoms with Gasteiger partial charge in [0.1, 0.15) is 0 Å². The van der Waals surface area contributed by atoms with Crippen molar-refractivity contribution in [2.75, 3.05) is 39.2 Å². The second-order valence-electron chi connectivity index (χ2n) is 5.27. The van der Waals surface area contributed by atoms with Gasteiger partial charge in [-0.3, -0.25) is 4.57 Å². The van der Waals surface area contributed by atoms with Crippen LogP contribution in [0.15, 0.2) is 0 Å². The standard InChI is InChI=1S/C16H35O5P/c1-4-7-10-18-13-14-21-22(17)15-16(19-11-8-5-2)20-12-9-6-3/h16,22H,4-15H2,1-3H3. The van der Waals surface area contributed by atoms with Crippen LogP contribution in [0.3, 0.4) is 0 Å². The lowest BCUT2D eigenvalue weighted by molar-refractivity contribution is -0.129. The van der Waals surface area contributed by atoms with Crippen molar-refractivity contribution in [2.24, 2.45) is 0 Å². The molecule has 0 bridgehead atoms. The van der Waals surface area contributed by atoms with E-state index in [0.717, 1.165) is 45.1 Å². The summed E-state index contributed by atoms with van der Waals surface area (Å²) in [4.78, 5) is 0. The van der Waals surface area contributed by atoms with E-state index >= 15 is 0 Å². The molecule has 1 atom stereocenters. The number of unbranched alkanes of at least 4 members (excludes halogenated alkanes) is 3. The zero-order valence-corrected chi connectivity index (χ0v) is 15.6. The minimum Gasteiger partial charge on any atom is -0.379 e. The molecule has 0 aromatic rings. The molecule has 0 saturated carbocycles. The molecule has 0 aliphatic carbocycles. The summed E-state index contributed by atoms with van der Waals surface area (Å²) in [5.74, 6) is 0. The van der Waals surface area contributed by atoms with Crippen LogP contribution in [-0.4, -0.2) is 45.5 Å². The Labute approximate surface area is 136 Å². The highest BCUT2D eigenvalue weighted by Crippen LogP contribution is 2.24. The third kappa shape index (κ3) is 15.0. The Balaban J connectivity index is 3.81. The summed E-state index contributed by atoms with van der Waals surface area (Å²) in [6.45, 7) is 9.23. The molecule has 0 saturated heterocycles. The van der Waals surface area contributed by atoms with Gasteiger partial charge in [0.15, 0.2) is 14.3 Å². The summed E-state index contributed by atoms with van der Waals surface area (Å²) >= 11 is 0. The van der Waals surface area contributed by atoms with Gasteiger partial charge in [-0.1, -0.05) is 40.0 Å². The minimum absolute atomic E-state index is 0.326. The zero-order valence-electron chi connectivity index (χ0n) is 14.6. The fourth-order valence-electron chi connectivity index (χ4n) is 1.64. The van der Waals surface area contributed by atoms with E-state index in [1.165, 1.54) is 0 Å².